The number of para-hydroxylation sites is 1. The zero-order valence-electron chi connectivity index (χ0n) is 20.7. The van der Waals surface area contributed by atoms with E-state index in [1.807, 2.05) is 45.0 Å². The van der Waals surface area contributed by atoms with Crippen LogP contribution in [0, 0.1) is 5.92 Å². The number of methoxy groups -OCH3 is 1. The van der Waals surface area contributed by atoms with E-state index < -0.39 is 11.7 Å². The number of anilines is 1. The summed E-state index contributed by atoms with van der Waals surface area (Å²) in [7, 11) is 1.54. The van der Waals surface area contributed by atoms with Crippen molar-refractivity contribution in [2.24, 2.45) is 5.92 Å². The van der Waals surface area contributed by atoms with Crippen LogP contribution in [0.3, 0.4) is 0 Å². The van der Waals surface area contributed by atoms with Gasteiger partial charge < -0.3 is 29.6 Å². The first kappa shape index (κ1) is 24.6. The fraction of sp³-hybridized carbons (Fsp3) is 0.500. The number of nitrogens with zero attached hydrogens (tertiary/aromatic N) is 1. The van der Waals surface area contributed by atoms with Gasteiger partial charge >= 0.3 is 6.09 Å². The minimum atomic E-state index is -0.538. The smallest absolute Gasteiger partial charge is 0.407 e. The van der Waals surface area contributed by atoms with Gasteiger partial charge in [-0.25, -0.2) is 9.78 Å². The van der Waals surface area contributed by atoms with E-state index in [2.05, 4.69) is 15.6 Å². The number of alkyl carbamates (subject to hydrolysis) is 1. The van der Waals surface area contributed by atoms with E-state index >= 15 is 0 Å². The Bertz CT molecular complexity index is 1070. The zero-order chi connectivity index (χ0) is 25.0. The highest BCUT2D eigenvalue weighted by molar-refractivity contribution is 5.93. The van der Waals surface area contributed by atoms with Gasteiger partial charge in [0.25, 0.3) is 0 Å². The lowest BCUT2D eigenvalue weighted by molar-refractivity contribution is -0.120. The van der Waals surface area contributed by atoms with Crippen LogP contribution in [0.5, 0.6) is 17.4 Å². The second kappa shape index (κ2) is 10.4. The van der Waals surface area contributed by atoms with Crippen molar-refractivity contribution in [2.75, 3.05) is 25.6 Å². The van der Waals surface area contributed by atoms with Gasteiger partial charge in [-0.15, -0.1) is 0 Å². The first-order valence-electron chi connectivity index (χ1n) is 12.0. The molecule has 35 heavy (non-hydrogen) atoms. The highest BCUT2D eigenvalue weighted by Gasteiger charge is 2.29. The van der Waals surface area contributed by atoms with E-state index in [-0.39, 0.29) is 17.9 Å². The molecule has 2 aliphatic rings. The van der Waals surface area contributed by atoms with Crippen LogP contribution in [0.25, 0.3) is 11.3 Å². The van der Waals surface area contributed by atoms with Crippen molar-refractivity contribution in [3.63, 3.8) is 0 Å². The molecule has 1 saturated carbocycles. The van der Waals surface area contributed by atoms with Gasteiger partial charge in [-0.2, -0.15) is 0 Å². The predicted molar refractivity (Wildman–Crippen MR) is 131 cm³/mol. The first-order valence-corrected chi connectivity index (χ1v) is 12.0. The summed E-state index contributed by atoms with van der Waals surface area (Å²) in [5, 5.41) is 5.93. The number of carbonyl (C=O) groups excluding carboxylic acids is 2. The molecule has 0 spiro atoms. The van der Waals surface area contributed by atoms with E-state index in [1.165, 1.54) is 7.11 Å². The van der Waals surface area contributed by atoms with Crippen LogP contribution in [-0.2, 0) is 9.53 Å². The summed E-state index contributed by atoms with van der Waals surface area (Å²) in [5.41, 5.74) is 1.45. The molecule has 1 fully saturated rings. The van der Waals surface area contributed by atoms with Crippen LogP contribution in [0.4, 0.5) is 10.5 Å². The molecule has 0 bridgehead atoms. The molecule has 1 aromatic heterocycles. The van der Waals surface area contributed by atoms with Gasteiger partial charge in [0.15, 0.2) is 11.5 Å². The molecule has 1 aromatic carbocycles. The normalized spacial score (nSPS) is 19.4. The standard InChI is InChI=1S/C26H33N3O6/c1-26(2,3)35-25(31)28-17-10-8-16(9-11-17)24(30)27-18-14-20(29-22(15-18)32-4)19-6-5-7-21-23(19)34-13-12-33-21/h5-7,14-17H,8-13H2,1-4H3,(H,28,31)(H,27,29,30)/t16-,17+. The van der Waals surface area contributed by atoms with Crippen molar-refractivity contribution in [3.05, 3.63) is 30.3 Å². The molecule has 0 atom stereocenters. The van der Waals surface area contributed by atoms with E-state index in [1.54, 1.807) is 6.07 Å². The van der Waals surface area contributed by atoms with Gasteiger partial charge in [-0.1, -0.05) is 6.07 Å². The Morgan fingerprint density at radius 2 is 1.80 bits per heavy atom. The molecule has 9 nitrogen and oxygen atoms in total. The number of carbonyl (C=O) groups is 2. The molecule has 2 heterocycles. The average Bonchev–Trinajstić information content (AvgIpc) is 2.82. The number of aromatic nitrogens is 1. The first-order chi connectivity index (χ1) is 16.7. The summed E-state index contributed by atoms with van der Waals surface area (Å²) in [6.07, 6.45) is 2.38. The van der Waals surface area contributed by atoms with E-state index in [0.717, 1.165) is 18.4 Å². The van der Waals surface area contributed by atoms with E-state index in [9.17, 15) is 9.59 Å². The molecular formula is C26H33N3O6. The summed E-state index contributed by atoms with van der Waals surface area (Å²) in [6.45, 7) is 6.46. The molecule has 9 heteroatoms. The number of benzene rings is 1. The Morgan fingerprint density at radius 1 is 1.06 bits per heavy atom. The Kier molecular flexibility index (Phi) is 7.33. The number of hydrogen-bond acceptors (Lipinski definition) is 7. The Balaban J connectivity index is 1.41. The molecule has 0 saturated heterocycles. The van der Waals surface area contributed by atoms with Crippen molar-refractivity contribution in [3.8, 4) is 28.6 Å². The number of ether oxygens (including phenoxy) is 4. The van der Waals surface area contributed by atoms with Crippen LogP contribution in [-0.4, -0.2) is 49.0 Å². The van der Waals surface area contributed by atoms with Gasteiger partial charge in [-0.05, 0) is 64.7 Å². The Labute approximate surface area is 205 Å². The minimum absolute atomic E-state index is 0.00741. The number of amides is 2. The van der Waals surface area contributed by atoms with Crippen LogP contribution >= 0.6 is 0 Å². The molecule has 0 unspecified atom stereocenters. The second-order valence-electron chi connectivity index (χ2n) is 9.80. The fourth-order valence-corrected chi connectivity index (χ4v) is 4.31. The summed E-state index contributed by atoms with van der Waals surface area (Å²) in [4.78, 5) is 29.6. The lowest BCUT2D eigenvalue weighted by atomic mass is 9.85. The van der Waals surface area contributed by atoms with Crippen molar-refractivity contribution >= 4 is 17.7 Å². The van der Waals surface area contributed by atoms with Crippen LogP contribution in [0.1, 0.15) is 46.5 Å². The molecule has 0 radical (unpaired) electrons. The monoisotopic (exact) mass is 483 g/mol. The van der Waals surface area contributed by atoms with E-state index in [4.69, 9.17) is 18.9 Å². The molecule has 2 aromatic rings. The van der Waals surface area contributed by atoms with Crippen LogP contribution in [0.15, 0.2) is 30.3 Å². The average molecular weight is 484 g/mol. The third-order valence-electron chi connectivity index (χ3n) is 5.94. The maximum atomic E-state index is 13.0. The summed E-state index contributed by atoms with van der Waals surface area (Å²) < 4.78 is 22.2. The molecule has 1 aliphatic heterocycles. The number of hydrogen-bond donors (Lipinski definition) is 2. The quantitative estimate of drug-likeness (QED) is 0.642. The summed E-state index contributed by atoms with van der Waals surface area (Å²) >= 11 is 0. The topological polar surface area (TPSA) is 108 Å². The minimum Gasteiger partial charge on any atom is -0.486 e. The van der Waals surface area contributed by atoms with Crippen molar-refractivity contribution in [2.45, 2.75) is 58.1 Å². The molecule has 1 aliphatic carbocycles. The number of fused-ring (bicyclic) bond motifs is 1. The number of rotatable bonds is 5. The third-order valence-corrected chi connectivity index (χ3v) is 5.94. The second-order valence-corrected chi connectivity index (χ2v) is 9.80. The molecule has 4 rings (SSSR count). The van der Waals surface area contributed by atoms with Gasteiger partial charge in [0, 0.05) is 29.3 Å². The number of nitrogens with one attached hydrogen (secondary N) is 2. The lowest BCUT2D eigenvalue weighted by Crippen LogP contribution is -2.42. The highest BCUT2D eigenvalue weighted by atomic mass is 16.6. The molecule has 2 N–H and O–H groups in total. The van der Waals surface area contributed by atoms with Gasteiger partial charge in [0.05, 0.1) is 12.8 Å². The van der Waals surface area contributed by atoms with Gasteiger partial charge in [0.1, 0.15) is 18.8 Å². The summed E-state index contributed by atoms with van der Waals surface area (Å²) in [6, 6.07) is 9.15. The lowest BCUT2D eigenvalue weighted by Gasteiger charge is -2.29. The Morgan fingerprint density at radius 3 is 2.51 bits per heavy atom. The van der Waals surface area contributed by atoms with Crippen molar-refractivity contribution in [1.29, 1.82) is 0 Å². The fourth-order valence-electron chi connectivity index (χ4n) is 4.31. The van der Waals surface area contributed by atoms with Gasteiger partial charge in [-0.3, -0.25) is 4.79 Å². The largest absolute Gasteiger partial charge is 0.486 e. The Hall–Kier alpha value is -3.49. The zero-order valence-corrected chi connectivity index (χ0v) is 20.7. The van der Waals surface area contributed by atoms with Gasteiger partial charge in [0.2, 0.25) is 11.8 Å². The predicted octanol–water partition coefficient (Wildman–Crippen LogP) is 4.55. The molecule has 188 valence electrons. The SMILES string of the molecule is COc1cc(NC(=O)[C@H]2CC[C@@H](NC(=O)OC(C)(C)C)CC2)cc(-c2cccc3c2OCCO3)n1. The summed E-state index contributed by atoms with van der Waals surface area (Å²) in [5.74, 6) is 1.48. The molecular weight excluding hydrogens is 450 g/mol. The highest BCUT2D eigenvalue weighted by Crippen LogP contribution is 2.40. The number of pyridine rings is 1. The maximum Gasteiger partial charge on any atom is 0.407 e. The van der Waals surface area contributed by atoms with Crippen LogP contribution in [0.2, 0.25) is 0 Å². The van der Waals surface area contributed by atoms with Crippen molar-refractivity contribution in [1.82, 2.24) is 10.3 Å². The third kappa shape index (κ3) is 6.35. The van der Waals surface area contributed by atoms with Crippen LogP contribution < -0.4 is 24.8 Å². The maximum absolute atomic E-state index is 13.0. The van der Waals surface area contributed by atoms with E-state index in [0.29, 0.717) is 54.8 Å². The van der Waals surface area contributed by atoms with Crippen molar-refractivity contribution < 1.29 is 28.5 Å². The molecule has 2 amide bonds.